The highest BCUT2D eigenvalue weighted by atomic mass is 32.1. The van der Waals surface area contributed by atoms with E-state index in [1.807, 2.05) is 11.3 Å². The van der Waals surface area contributed by atoms with Crippen LogP contribution in [0, 0.1) is 0 Å². The Hall–Kier alpha value is -6.74. The molecule has 11 rings (SSSR count). The first-order valence-corrected chi connectivity index (χ1v) is 19.3. The van der Waals surface area contributed by atoms with Crippen molar-refractivity contribution >= 4 is 91.7 Å². The number of thiophene rings is 1. The molecule has 0 amide bonds. The van der Waals surface area contributed by atoms with Crippen molar-refractivity contribution in [2.75, 3.05) is 4.90 Å². The van der Waals surface area contributed by atoms with Gasteiger partial charge in [0, 0.05) is 36.9 Å². The molecule has 0 spiro atoms. The fraction of sp³-hybridized carbons (Fsp3) is 0. The molecule has 0 saturated carbocycles. The van der Waals surface area contributed by atoms with Crippen LogP contribution in [-0.4, -0.2) is 0 Å². The van der Waals surface area contributed by atoms with Crippen LogP contribution in [-0.2, 0) is 0 Å². The SMILES string of the molecule is c1ccc(-c2cccc(N(c3ccc(-c4ccc5ccc6ccc7ccccc7c6c5c4)cc3)c3cccc4cc5sc6ccccc6c5cc34)c2)cc1. The number of hydrogen-bond acceptors (Lipinski definition) is 2. The molecule has 1 nitrogen and oxygen atoms in total. The second kappa shape index (κ2) is 12.4. The molecule has 2 heteroatoms. The summed E-state index contributed by atoms with van der Waals surface area (Å²) >= 11 is 1.87. The largest absolute Gasteiger partial charge is 0.310 e. The van der Waals surface area contributed by atoms with Crippen molar-refractivity contribution < 1.29 is 0 Å². The van der Waals surface area contributed by atoms with E-state index in [0.29, 0.717) is 0 Å². The zero-order valence-electron chi connectivity index (χ0n) is 29.4. The molecule has 0 N–H and O–H groups in total. The van der Waals surface area contributed by atoms with E-state index in [-0.39, 0.29) is 0 Å². The van der Waals surface area contributed by atoms with E-state index in [1.165, 1.54) is 85.5 Å². The second-order valence-corrected chi connectivity index (χ2v) is 15.2. The lowest BCUT2D eigenvalue weighted by Gasteiger charge is -2.27. The Bertz CT molecular complexity index is 3210. The average Bonchev–Trinajstić information content (AvgIpc) is 3.61. The molecule has 1 aromatic heterocycles. The maximum absolute atomic E-state index is 2.43. The number of nitrogens with zero attached hydrogens (tertiary/aromatic N) is 1. The van der Waals surface area contributed by atoms with E-state index in [9.17, 15) is 0 Å². The highest BCUT2D eigenvalue weighted by Gasteiger charge is 2.18. The van der Waals surface area contributed by atoms with Gasteiger partial charge in [0.2, 0.25) is 0 Å². The summed E-state index contributed by atoms with van der Waals surface area (Å²) < 4.78 is 2.64. The number of rotatable bonds is 5. The molecular weight excluding hydrogens is 671 g/mol. The lowest BCUT2D eigenvalue weighted by molar-refractivity contribution is 1.30. The Kier molecular flexibility index (Phi) is 7.11. The Morgan fingerprint density at radius 2 is 0.926 bits per heavy atom. The number of hydrogen-bond donors (Lipinski definition) is 0. The van der Waals surface area contributed by atoms with Gasteiger partial charge in [-0.1, -0.05) is 146 Å². The normalized spacial score (nSPS) is 11.7. The van der Waals surface area contributed by atoms with Gasteiger partial charge in [-0.25, -0.2) is 0 Å². The third-order valence-electron chi connectivity index (χ3n) is 11.0. The number of anilines is 3. The molecule has 0 saturated heterocycles. The zero-order chi connectivity index (χ0) is 35.6. The molecular formula is C52H33NS. The van der Waals surface area contributed by atoms with Gasteiger partial charge < -0.3 is 4.90 Å². The molecule has 0 aliphatic heterocycles. The van der Waals surface area contributed by atoms with Crippen LogP contribution >= 0.6 is 11.3 Å². The maximum atomic E-state index is 2.43. The molecule has 0 aliphatic carbocycles. The maximum Gasteiger partial charge on any atom is 0.0540 e. The lowest BCUT2D eigenvalue weighted by atomic mass is 9.94. The van der Waals surface area contributed by atoms with Gasteiger partial charge in [-0.2, -0.15) is 0 Å². The number of fused-ring (bicyclic) bond motifs is 9. The zero-order valence-corrected chi connectivity index (χ0v) is 30.2. The predicted octanol–water partition coefficient (Wildman–Crippen LogP) is 15.5. The van der Waals surface area contributed by atoms with Crippen molar-refractivity contribution in [2.45, 2.75) is 0 Å². The van der Waals surface area contributed by atoms with Crippen molar-refractivity contribution in [1.29, 1.82) is 0 Å². The smallest absolute Gasteiger partial charge is 0.0540 e. The third-order valence-corrected chi connectivity index (χ3v) is 12.1. The second-order valence-electron chi connectivity index (χ2n) is 14.1. The molecule has 0 unspecified atom stereocenters. The first-order chi connectivity index (χ1) is 26.7. The molecule has 252 valence electrons. The van der Waals surface area contributed by atoms with Gasteiger partial charge in [0.25, 0.3) is 0 Å². The quantitative estimate of drug-likeness (QED) is 0.161. The minimum absolute atomic E-state index is 1.11. The van der Waals surface area contributed by atoms with Crippen LogP contribution in [0.25, 0.3) is 85.5 Å². The van der Waals surface area contributed by atoms with Crippen molar-refractivity contribution in [3.63, 3.8) is 0 Å². The van der Waals surface area contributed by atoms with Gasteiger partial charge in [-0.3, -0.25) is 0 Å². The first kappa shape index (κ1) is 30.8. The monoisotopic (exact) mass is 703 g/mol. The molecule has 0 atom stereocenters. The molecule has 11 aromatic rings. The van der Waals surface area contributed by atoms with Gasteiger partial charge in [-0.15, -0.1) is 11.3 Å². The Morgan fingerprint density at radius 3 is 1.80 bits per heavy atom. The molecule has 54 heavy (non-hydrogen) atoms. The lowest BCUT2D eigenvalue weighted by Crippen LogP contribution is -2.10. The molecule has 0 aliphatic rings. The van der Waals surface area contributed by atoms with Gasteiger partial charge in [0.15, 0.2) is 0 Å². The summed E-state index contributed by atoms with van der Waals surface area (Å²) in [7, 11) is 0. The fourth-order valence-corrected chi connectivity index (χ4v) is 9.50. The van der Waals surface area contributed by atoms with Crippen molar-refractivity contribution in [3.8, 4) is 22.3 Å². The van der Waals surface area contributed by atoms with E-state index in [4.69, 9.17) is 0 Å². The Morgan fingerprint density at radius 1 is 0.296 bits per heavy atom. The third kappa shape index (κ3) is 5.07. The molecule has 1 heterocycles. The Labute approximate surface area is 317 Å². The first-order valence-electron chi connectivity index (χ1n) is 18.5. The Balaban J connectivity index is 1.08. The summed E-state index contributed by atoms with van der Waals surface area (Å²) in [6, 6.07) is 73.6. The van der Waals surface area contributed by atoms with E-state index in [2.05, 4.69) is 205 Å². The van der Waals surface area contributed by atoms with E-state index >= 15 is 0 Å². The summed E-state index contributed by atoms with van der Waals surface area (Å²) in [4.78, 5) is 2.43. The minimum atomic E-state index is 1.11. The summed E-state index contributed by atoms with van der Waals surface area (Å²) in [5.74, 6) is 0. The summed E-state index contributed by atoms with van der Waals surface area (Å²) in [5, 5.41) is 12.8. The summed E-state index contributed by atoms with van der Waals surface area (Å²) in [6.07, 6.45) is 0. The van der Waals surface area contributed by atoms with E-state index in [0.717, 1.165) is 17.1 Å². The number of benzene rings is 10. The van der Waals surface area contributed by atoms with Crippen molar-refractivity contribution in [3.05, 3.63) is 200 Å². The standard InChI is InChI=1S/C52H33NS/c1-2-10-34(11-3-1)39-13-8-15-43(30-39)53(49-18-9-14-41-32-51-48(33-46(41)49)45-17-6-7-19-50(45)54-51)42-28-26-35(27-29-42)40-25-22-37-21-24-38-23-20-36-12-4-5-16-44(36)52(38)47(37)31-40/h1-33H. The highest BCUT2D eigenvalue weighted by molar-refractivity contribution is 7.25. The molecule has 0 bridgehead atoms. The van der Waals surface area contributed by atoms with Gasteiger partial charge in [-0.05, 0) is 115 Å². The van der Waals surface area contributed by atoms with Crippen LogP contribution in [0.2, 0.25) is 0 Å². The van der Waals surface area contributed by atoms with Crippen LogP contribution < -0.4 is 4.90 Å². The molecule has 0 fully saturated rings. The van der Waals surface area contributed by atoms with Crippen LogP contribution in [0.3, 0.4) is 0 Å². The summed E-state index contributed by atoms with van der Waals surface area (Å²) in [5.41, 5.74) is 8.20. The molecule has 10 aromatic carbocycles. The van der Waals surface area contributed by atoms with Crippen LogP contribution in [0.1, 0.15) is 0 Å². The highest BCUT2D eigenvalue weighted by Crippen LogP contribution is 2.44. The van der Waals surface area contributed by atoms with Crippen molar-refractivity contribution in [1.82, 2.24) is 0 Å². The van der Waals surface area contributed by atoms with E-state index < -0.39 is 0 Å². The summed E-state index contributed by atoms with van der Waals surface area (Å²) in [6.45, 7) is 0. The van der Waals surface area contributed by atoms with Gasteiger partial charge in [0.05, 0.1) is 5.69 Å². The van der Waals surface area contributed by atoms with Crippen LogP contribution in [0.15, 0.2) is 200 Å². The van der Waals surface area contributed by atoms with Crippen molar-refractivity contribution in [2.24, 2.45) is 0 Å². The van der Waals surface area contributed by atoms with Gasteiger partial charge >= 0.3 is 0 Å². The average molecular weight is 704 g/mol. The minimum Gasteiger partial charge on any atom is -0.310 e. The van der Waals surface area contributed by atoms with Crippen LogP contribution in [0.4, 0.5) is 17.1 Å². The fourth-order valence-electron chi connectivity index (χ4n) is 8.36. The van der Waals surface area contributed by atoms with Crippen LogP contribution in [0.5, 0.6) is 0 Å². The molecule has 0 radical (unpaired) electrons. The van der Waals surface area contributed by atoms with E-state index in [1.54, 1.807) is 0 Å². The predicted molar refractivity (Wildman–Crippen MR) is 235 cm³/mol. The van der Waals surface area contributed by atoms with Gasteiger partial charge in [0.1, 0.15) is 0 Å². The topological polar surface area (TPSA) is 3.24 Å².